The third-order valence-electron chi connectivity index (χ3n) is 4.95. The van der Waals surface area contributed by atoms with E-state index in [9.17, 15) is 14.4 Å². The van der Waals surface area contributed by atoms with Crippen LogP contribution in [0, 0.1) is 0 Å². The van der Waals surface area contributed by atoms with Crippen LogP contribution in [0.25, 0.3) is 11.5 Å². The molecule has 3 aromatic carbocycles. The highest BCUT2D eigenvalue weighted by Gasteiger charge is 2.20. The van der Waals surface area contributed by atoms with Crippen molar-refractivity contribution in [3.63, 3.8) is 0 Å². The van der Waals surface area contributed by atoms with Gasteiger partial charge >= 0.3 is 11.7 Å². The second kappa shape index (κ2) is 11.0. The quantitative estimate of drug-likeness (QED) is 0.369. The van der Waals surface area contributed by atoms with E-state index in [0.29, 0.717) is 23.6 Å². The summed E-state index contributed by atoms with van der Waals surface area (Å²) in [5.74, 6) is -1.38. The van der Waals surface area contributed by atoms with E-state index in [1.54, 1.807) is 48.5 Å². The van der Waals surface area contributed by atoms with Crippen molar-refractivity contribution in [1.29, 1.82) is 0 Å². The molecule has 0 radical (unpaired) electrons. The van der Waals surface area contributed by atoms with Crippen molar-refractivity contribution in [1.82, 2.24) is 9.78 Å². The van der Waals surface area contributed by atoms with Gasteiger partial charge in [0.2, 0.25) is 5.89 Å². The molecule has 35 heavy (non-hydrogen) atoms. The van der Waals surface area contributed by atoms with Gasteiger partial charge in [0.05, 0.1) is 0 Å². The molecule has 9 nitrogen and oxygen atoms in total. The summed E-state index contributed by atoms with van der Waals surface area (Å²) < 4.78 is 16.8. The van der Waals surface area contributed by atoms with Gasteiger partial charge in [-0.25, -0.2) is 4.79 Å². The largest absolute Gasteiger partial charge is 0.489 e. The van der Waals surface area contributed by atoms with E-state index in [2.05, 4.69) is 10.4 Å². The number of hydrogen-bond acceptors (Lipinski definition) is 7. The van der Waals surface area contributed by atoms with Crippen LogP contribution in [-0.2, 0) is 27.5 Å². The minimum atomic E-state index is -1.09. The van der Waals surface area contributed by atoms with Crippen molar-refractivity contribution in [2.24, 2.45) is 0 Å². The topological polar surface area (TPSA) is 113 Å². The Morgan fingerprint density at radius 3 is 2.31 bits per heavy atom. The van der Waals surface area contributed by atoms with Crippen LogP contribution in [0.15, 0.2) is 94.1 Å². The fourth-order valence-electron chi connectivity index (χ4n) is 3.13. The lowest BCUT2D eigenvalue weighted by Gasteiger charge is -2.13. The van der Waals surface area contributed by atoms with E-state index in [4.69, 9.17) is 13.9 Å². The molecule has 1 atom stereocenters. The number of nitrogens with one attached hydrogen (secondary N) is 1. The molecule has 4 aromatic rings. The van der Waals surface area contributed by atoms with Gasteiger partial charge in [-0.3, -0.25) is 9.59 Å². The van der Waals surface area contributed by atoms with E-state index < -0.39 is 30.3 Å². The monoisotopic (exact) mass is 473 g/mol. The van der Waals surface area contributed by atoms with Gasteiger partial charge in [-0.1, -0.05) is 48.5 Å². The van der Waals surface area contributed by atoms with Crippen molar-refractivity contribution in [3.05, 3.63) is 101 Å². The van der Waals surface area contributed by atoms with E-state index in [1.807, 2.05) is 36.4 Å². The number of carbonyl (C=O) groups excluding carboxylic acids is 2. The van der Waals surface area contributed by atoms with Gasteiger partial charge < -0.3 is 19.2 Å². The lowest BCUT2D eigenvalue weighted by molar-refractivity contribution is -0.154. The van der Waals surface area contributed by atoms with E-state index in [1.165, 1.54) is 6.92 Å². The maximum atomic E-state index is 12.4. The molecule has 1 aromatic heterocycles. The summed E-state index contributed by atoms with van der Waals surface area (Å²) >= 11 is 0. The Labute approximate surface area is 200 Å². The highest BCUT2D eigenvalue weighted by atomic mass is 16.5. The molecule has 4 rings (SSSR count). The zero-order chi connectivity index (χ0) is 24.6. The number of nitrogens with zero attached hydrogens (tertiary/aromatic N) is 2. The van der Waals surface area contributed by atoms with Gasteiger partial charge in [0.15, 0.2) is 6.10 Å². The summed E-state index contributed by atoms with van der Waals surface area (Å²) in [6, 6.07) is 25.4. The van der Waals surface area contributed by atoms with E-state index >= 15 is 0 Å². The molecular formula is C26H23N3O6. The number of aromatic nitrogens is 2. The molecule has 178 valence electrons. The Kier molecular flexibility index (Phi) is 7.37. The molecule has 1 heterocycles. The number of ether oxygens (including phenoxy) is 2. The Bertz CT molecular complexity index is 1330. The van der Waals surface area contributed by atoms with Crippen molar-refractivity contribution in [2.75, 3.05) is 5.32 Å². The van der Waals surface area contributed by atoms with Crippen LogP contribution in [0.5, 0.6) is 5.75 Å². The van der Waals surface area contributed by atoms with Crippen LogP contribution in [0.3, 0.4) is 0 Å². The molecule has 0 aliphatic rings. The Morgan fingerprint density at radius 1 is 0.971 bits per heavy atom. The van der Waals surface area contributed by atoms with Crippen LogP contribution in [0.4, 0.5) is 5.69 Å². The zero-order valence-corrected chi connectivity index (χ0v) is 18.9. The molecular weight excluding hydrogens is 450 g/mol. The molecule has 0 saturated carbocycles. The van der Waals surface area contributed by atoms with Gasteiger partial charge in [-0.15, -0.1) is 5.10 Å². The summed E-state index contributed by atoms with van der Waals surface area (Å²) in [4.78, 5) is 36.7. The highest BCUT2D eigenvalue weighted by Crippen LogP contribution is 2.18. The molecule has 0 spiro atoms. The number of carbonyl (C=O) groups is 2. The first-order valence-electron chi connectivity index (χ1n) is 10.9. The van der Waals surface area contributed by atoms with Gasteiger partial charge in [0.25, 0.3) is 5.91 Å². The number of benzene rings is 3. The summed E-state index contributed by atoms with van der Waals surface area (Å²) in [6.45, 7) is 1.38. The van der Waals surface area contributed by atoms with Crippen molar-refractivity contribution >= 4 is 17.6 Å². The number of rotatable bonds is 9. The summed E-state index contributed by atoms with van der Waals surface area (Å²) in [5.41, 5.74) is 2.16. The van der Waals surface area contributed by atoms with E-state index in [0.717, 1.165) is 10.2 Å². The van der Waals surface area contributed by atoms with Gasteiger partial charge in [0.1, 0.15) is 18.9 Å². The van der Waals surface area contributed by atoms with Crippen LogP contribution in [-0.4, -0.2) is 27.8 Å². The zero-order valence-electron chi connectivity index (χ0n) is 18.9. The Morgan fingerprint density at radius 2 is 1.63 bits per heavy atom. The summed E-state index contributed by atoms with van der Waals surface area (Å²) in [5, 5.41) is 6.68. The molecule has 1 amide bonds. The number of hydrogen-bond donors (Lipinski definition) is 1. The number of amides is 1. The third-order valence-corrected chi connectivity index (χ3v) is 4.95. The Hall–Kier alpha value is -4.66. The van der Waals surface area contributed by atoms with Crippen LogP contribution in [0.2, 0.25) is 0 Å². The third kappa shape index (κ3) is 6.44. The second-order valence-electron chi connectivity index (χ2n) is 7.62. The van der Waals surface area contributed by atoms with Gasteiger partial charge in [0, 0.05) is 11.3 Å². The van der Waals surface area contributed by atoms with Crippen molar-refractivity contribution in [2.45, 2.75) is 26.2 Å². The second-order valence-corrected chi connectivity index (χ2v) is 7.62. The first-order valence-corrected chi connectivity index (χ1v) is 10.9. The van der Waals surface area contributed by atoms with Crippen LogP contribution < -0.4 is 15.8 Å². The smallest absolute Gasteiger partial charge is 0.437 e. The molecule has 0 bridgehead atoms. The van der Waals surface area contributed by atoms with Crippen molar-refractivity contribution < 1.29 is 23.5 Å². The predicted octanol–water partition coefficient (Wildman–Crippen LogP) is 3.65. The van der Waals surface area contributed by atoms with Crippen LogP contribution in [0.1, 0.15) is 12.5 Å². The average molecular weight is 473 g/mol. The van der Waals surface area contributed by atoms with Crippen LogP contribution >= 0.6 is 0 Å². The fourth-order valence-corrected chi connectivity index (χ4v) is 3.13. The lowest BCUT2D eigenvalue weighted by Crippen LogP contribution is -2.32. The standard InChI is InChI=1S/C26H23N3O6/c1-18(34-23(30)16-29-26(32)35-25(28-29)20-10-6-3-7-11-20)24(31)27-21-12-14-22(15-13-21)33-17-19-8-4-2-5-9-19/h2-15,18H,16-17H2,1H3,(H,27,31). The predicted molar refractivity (Wildman–Crippen MR) is 128 cm³/mol. The summed E-state index contributed by atoms with van der Waals surface area (Å²) in [7, 11) is 0. The maximum Gasteiger partial charge on any atom is 0.437 e. The number of esters is 1. The number of anilines is 1. The molecule has 0 fully saturated rings. The minimum Gasteiger partial charge on any atom is -0.489 e. The lowest BCUT2D eigenvalue weighted by atomic mass is 10.2. The Balaban J connectivity index is 1.27. The first-order chi connectivity index (χ1) is 17.0. The molecule has 0 aliphatic carbocycles. The molecule has 1 unspecified atom stereocenters. The van der Waals surface area contributed by atoms with Gasteiger partial charge in [-0.05, 0) is 48.9 Å². The normalized spacial score (nSPS) is 11.5. The first kappa shape index (κ1) is 23.5. The molecule has 0 saturated heterocycles. The summed E-state index contributed by atoms with van der Waals surface area (Å²) in [6.07, 6.45) is -1.09. The minimum absolute atomic E-state index is 0.0883. The molecule has 1 N–H and O–H groups in total. The average Bonchev–Trinajstić information content (AvgIpc) is 3.24. The van der Waals surface area contributed by atoms with E-state index in [-0.39, 0.29) is 5.89 Å². The molecule has 0 aliphatic heterocycles. The fraction of sp³-hybridized carbons (Fsp3) is 0.154. The SMILES string of the molecule is CC(OC(=O)Cn1nc(-c2ccccc2)oc1=O)C(=O)Nc1ccc(OCc2ccccc2)cc1. The molecule has 9 heteroatoms. The maximum absolute atomic E-state index is 12.4. The van der Waals surface area contributed by atoms with Crippen molar-refractivity contribution in [3.8, 4) is 17.2 Å². The highest BCUT2D eigenvalue weighted by molar-refractivity contribution is 5.95. The van der Waals surface area contributed by atoms with Gasteiger partial charge in [-0.2, -0.15) is 4.68 Å².